The maximum Gasteiger partial charge on any atom is 0.410 e. The molecule has 1 amide bonds. The molecule has 2 aromatic heterocycles. The van der Waals surface area contributed by atoms with E-state index >= 15 is 0 Å². The van der Waals surface area contributed by atoms with Gasteiger partial charge in [-0.25, -0.2) is 14.8 Å². The fraction of sp³-hybridized carbons (Fsp3) is 0.269. The number of anilines is 2. The molecule has 0 atom stereocenters. The molecule has 0 fully saturated rings. The zero-order valence-corrected chi connectivity index (χ0v) is 22.0. The van der Waals surface area contributed by atoms with Crippen LogP contribution < -0.4 is 10.9 Å². The summed E-state index contributed by atoms with van der Waals surface area (Å²) in [7, 11) is 0. The van der Waals surface area contributed by atoms with Crippen LogP contribution in [-0.4, -0.2) is 42.9 Å². The van der Waals surface area contributed by atoms with Crippen molar-refractivity contribution < 1.29 is 9.53 Å². The molecule has 37 heavy (non-hydrogen) atoms. The van der Waals surface area contributed by atoms with E-state index in [2.05, 4.69) is 20.4 Å². The first kappa shape index (κ1) is 25.0. The smallest absolute Gasteiger partial charge is 0.410 e. The fourth-order valence-corrected chi connectivity index (χ4v) is 4.65. The standard InChI is InChI=1S/C26H24Cl2N6O3/c1-26(2,3)37-25(36)33-10-9-15-7-8-17(11-16(15)14-33)31-24-29-12-18-21(32-24)13-30-34(23(18)35)22-19(27)5-4-6-20(22)28/h4-8,11-13H,9-10,14H2,1-3H3,(H,29,31,32). The Morgan fingerprint density at radius 1 is 1.08 bits per heavy atom. The van der Waals surface area contributed by atoms with Gasteiger partial charge in [-0.3, -0.25) is 4.79 Å². The zero-order valence-electron chi connectivity index (χ0n) is 20.5. The van der Waals surface area contributed by atoms with Crippen LogP contribution in [0.15, 0.2) is 53.6 Å². The van der Waals surface area contributed by atoms with Gasteiger partial charge in [-0.15, -0.1) is 0 Å². The SMILES string of the molecule is CC(C)(C)OC(=O)N1CCc2ccc(Nc3ncc4c(=O)n(-c5c(Cl)cccc5Cl)ncc4n3)cc2C1. The van der Waals surface area contributed by atoms with Crippen molar-refractivity contribution in [2.75, 3.05) is 11.9 Å². The number of aromatic nitrogens is 4. The Balaban J connectivity index is 1.39. The Morgan fingerprint density at radius 3 is 2.57 bits per heavy atom. The number of ether oxygens (including phenoxy) is 1. The molecule has 1 N–H and O–H groups in total. The lowest BCUT2D eigenvalue weighted by Gasteiger charge is -2.31. The summed E-state index contributed by atoms with van der Waals surface area (Å²) in [5.74, 6) is 0.307. The summed E-state index contributed by atoms with van der Waals surface area (Å²) in [6.07, 6.45) is 3.33. The van der Waals surface area contributed by atoms with Crippen molar-refractivity contribution in [1.82, 2.24) is 24.6 Å². The van der Waals surface area contributed by atoms with Crippen LogP contribution in [0.3, 0.4) is 0 Å². The molecule has 9 nitrogen and oxygen atoms in total. The lowest BCUT2D eigenvalue weighted by molar-refractivity contribution is 0.0224. The lowest BCUT2D eigenvalue weighted by Crippen LogP contribution is -2.39. The summed E-state index contributed by atoms with van der Waals surface area (Å²) in [6.45, 7) is 6.61. The third kappa shape index (κ3) is 5.23. The number of fused-ring (bicyclic) bond motifs is 2. The summed E-state index contributed by atoms with van der Waals surface area (Å²) in [4.78, 5) is 36.1. The number of benzene rings is 2. The van der Waals surface area contributed by atoms with Crippen molar-refractivity contribution in [3.8, 4) is 5.69 Å². The predicted octanol–water partition coefficient (Wildman–Crippen LogP) is 5.52. The highest BCUT2D eigenvalue weighted by atomic mass is 35.5. The molecule has 3 heterocycles. The van der Waals surface area contributed by atoms with Crippen molar-refractivity contribution in [1.29, 1.82) is 0 Å². The molecule has 0 bridgehead atoms. The minimum atomic E-state index is -0.550. The van der Waals surface area contributed by atoms with Crippen LogP contribution >= 0.6 is 23.2 Å². The molecule has 0 aliphatic carbocycles. The van der Waals surface area contributed by atoms with E-state index in [1.54, 1.807) is 23.1 Å². The molecular weight excluding hydrogens is 515 g/mol. The average molecular weight is 539 g/mol. The third-order valence-corrected chi connectivity index (χ3v) is 6.42. The van der Waals surface area contributed by atoms with Gasteiger partial charge in [0.1, 0.15) is 16.8 Å². The van der Waals surface area contributed by atoms with Crippen molar-refractivity contribution in [3.05, 3.63) is 80.3 Å². The van der Waals surface area contributed by atoms with Gasteiger partial charge in [0.15, 0.2) is 0 Å². The molecule has 1 aliphatic heterocycles. The Labute approximate surface area is 223 Å². The van der Waals surface area contributed by atoms with Gasteiger partial charge in [0.2, 0.25) is 5.95 Å². The van der Waals surface area contributed by atoms with E-state index in [1.165, 1.54) is 18.0 Å². The van der Waals surface area contributed by atoms with E-state index in [4.69, 9.17) is 27.9 Å². The van der Waals surface area contributed by atoms with Crippen LogP contribution in [-0.2, 0) is 17.7 Å². The minimum absolute atomic E-state index is 0.273. The molecular formula is C26H24Cl2N6O3. The normalized spacial score (nSPS) is 13.4. The van der Waals surface area contributed by atoms with Gasteiger partial charge in [0.05, 0.1) is 21.6 Å². The van der Waals surface area contributed by atoms with Gasteiger partial charge in [0.25, 0.3) is 5.56 Å². The highest BCUT2D eigenvalue weighted by Crippen LogP contribution is 2.28. The number of nitrogens with zero attached hydrogens (tertiary/aromatic N) is 5. The van der Waals surface area contributed by atoms with Gasteiger partial charge >= 0.3 is 6.09 Å². The first-order valence-corrected chi connectivity index (χ1v) is 12.4. The van der Waals surface area contributed by atoms with Crippen molar-refractivity contribution >= 4 is 51.8 Å². The fourth-order valence-electron chi connectivity index (χ4n) is 4.09. The molecule has 1 aliphatic rings. The van der Waals surface area contributed by atoms with Crippen LogP contribution in [0.2, 0.25) is 10.0 Å². The van der Waals surface area contributed by atoms with Crippen molar-refractivity contribution in [2.24, 2.45) is 0 Å². The monoisotopic (exact) mass is 538 g/mol. The van der Waals surface area contributed by atoms with Gasteiger partial charge in [-0.2, -0.15) is 9.78 Å². The lowest BCUT2D eigenvalue weighted by atomic mass is 9.99. The van der Waals surface area contributed by atoms with Gasteiger partial charge < -0.3 is 15.0 Å². The Kier molecular flexibility index (Phi) is 6.51. The highest BCUT2D eigenvalue weighted by molar-refractivity contribution is 6.37. The van der Waals surface area contributed by atoms with Crippen LogP contribution in [0.5, 0.6) is 0 Å². The number of rotatable bonds is 3. The number of para-hydroxylation sites is 1. The predicted molar refractivity (Wildman–Crippen MR) is 143 cm³/mol. The molecule has 2 aromatic carbocycles. The zero-order chi connectivity index (χ0) is 26.3. The molecule has 0 unspecified atom stereocenters. The maximum absolute atomic E-state index is 13.1. The summed E-state index contributed by atoms with van der Waals surface area (Å²) in [5.41, 5.74) is 2.64. The Bertz CT molecular complexity index is 1560. The van der Waals surface area contributed by atoms with E-state index in [-0.39, 0.29) is 11.5 Å². The Hall–Kier alpha value is -3.69. The number of carbonyl (C=O) groups is 1. The van der Waals surface area contributed by atoms with Gasteiger partial charge in [-0.1, -0.05) is 35.3 Å². The first-order chi connectivity index (χ1) is 17.6. The molecule has 4 aromatic rings. The number of carbonyl (C=O) groups excluding carboxylic acids is 1. The number of hydrogen-bond acceptors (Lipinski definition) is 7. The van der Waals surface area contributed by atoms with Crippen LogP contribution in [0, 0.1) is 0 Å². The maximum atomic E-state index is 13.1. The van der Waals surface area contributed by atoms with Gasteiger partial charge in [-0.05, 0) is 62.6 Å². The second kappa shape index (κ2) is 9.64. The van der Waals surface area contributed by atoms with Crippen LogP contribution in [0.4, 0.5) is 16.4 Å². The summed E-state index contributed by atoms with van der Waals surface area (Å²) >= 11 is 12.5. The number of amides is 1. The molecule has 5 rings (SSSR count). The Morgan fingerprint density at radius 2 is 1.84 bits per heavy atom. The van der Waals surface area contributed by atoms with Crippen LogP contribution in [0.1, 0.15) is 31.9 Å². The van der Waals surface area contributed by atoms with E-state index in [0.717, 1.165) is 22.4 Å². The summed E-state index contributed by atoms with van der Waals surface area (Å²) in [5, 5.41) is 8.28. The second-order valence-electron chi connectivity index (χ2n) is 9.68. The quantitative estimate of drug-likeness (QED) is 0.366. The van der Waals surface area contributed by atoms with Crippen LogP contribution in [0.25, 0.3) is 16.6 Å². The van der Waals surface area contributed by atoms with E-state index in [0.29, 0.717) is 40.3 Å². The average Bonchev–Trinajstić information content (AvgIpc) is 2.84. The summed E-state index contributed by atoms with van der Waals surface area (Å²) < 4.78 is 6.66. The third-order valence-electron chi connectivity index (χ3n) is 5.81. The van der Waals surface area contributed by atoms with Gasteiger partial charge in [0, 0.05) is 25.0 Å². The summed E-state index contributed by atoms with van der Waals surface area (Å²) in [6, 6.07) is 10.9. The van der Waals surface area contributed by atoms with E-state index in [1.807, 2.05) is 39.0 Å². The van der Waals surface area contributed by atoms with E-state index in [9.17, 15) is 9.59 Å². The molecule has 190 valence electrons. The van der Waals surface area contributed by atoms with E-state index < -0.39 is 11.2 Å². The second-order valence-corrected chi connectivity index (χ2v) is 10.5. The number of hydrogen-bond donors (Lipinski definition) is 1. The molecule has 0 spiro atoms. The van der Waals surface area contributed by atoms with Crippen molar-refractivity contribution in [3.63, 3.8) is 0 Å². The first-order valence-electron chi connectivity index (χ1n) is 11.7. The molecule has 11 heteroatoms. The number of nitrogens with one attached hydrogen (secondary N) is 1. The highest BCUT2D eigenvalue weighted by Gasteiger charge is 2.26. The molecule has 0 saturated heterocycles. The molecule has 0 radical (unpaired) electrons. The minimum Gasteiger partial charge on any atom is -0.444 e. The topological polar surface area (TPSA) is 102 Å². The number of halogens is 2. The molecule has 0 saturated carbocycles. The largest absolute Gasteiger partial charge is 0.444 e. The van der Waals surface area contributed by atoms with Crippen molar-refractivity contribution in [2.45, 2.75) is 39.3 Å².